The molecule has 0 amide bonds. The Kier molecular flexibility index (Phi) is 2.67. The lowest BCUT2D eigenvalue weighted by Gasteiger charge is -2.07. The second kappa shape index (κ2) is 3.86. The molecule has 0 aromatic carbocycles. The van der Waals surface area contributed by atoms with Gasteiger partial charge in [-0.05, 0) is 24.4 Å². The number of halogens is 3. The van der Waals surface area contributed by atoms with Crippen LogP contribution in [0.2, 0.25) is 0 Å². The smallest absolute Gasteiger partial charge is 0.230 e. The van der Waals surface area contributed by atoms with E-state index in [1.807, 2.05) is 0 Å². The summed E-state index contributed by atoms with van der Waals surface area (Å²) in [5.74, 6) is -1.09. The van der Waals surface area contributed by atoms with Crippen molar-refractivity contribution < 1.29 is 13.2 Å². The predicted octanol–water partition coefficient (Wildman–Crippen LogP) is 3.53. The number of thiophene rings is 1. The SMILES string of the molecule is Cc1cc(-c2cccs2)nc(C(F)(F)F)n1. The lowest BCUT2D eigenvalue weighted by molar-refractivity contribution is -0.145. The Bertz CT molecular complexity index is 491. The van der Waals surface area contributed by atoms with Crippen molar-refractivity contribution in [1.29, 1.82) is 0 Å². The van der Waals surface area contributed by atoms with Crippen LogP contribution >= 0.6 is 11.3 Å². The second-order valence-electron chi connectivity index (χ2n) is 3.19. The first-order valence-corrected chi connectivity index (χ1v) is 5.31. The number of alkyl halides is 3. The Hall–Kier alpha value is -1.43. The molecule has 16 heavy (non-hydrogen) atoms. The molecule has 6 heteroatoms. The molecule has 2 aromatic rings. The Morgan fingerprint density at radius 2 is 2.00 bits per heavy atom. The maximum Gasteiger partial charge on any atom is 0.451 e. The van der Waals surface area contributed by atoms with Gasteiger partial charge in [0, 0.05) is 5.69 Å². The van der Waals surface area contributed by atoms with Crippen LogP contribution in [-0.2, 0) is 6.18 Å². The highest BCUT2D eigenvalue weighted by atomic mass is 32.1. The number of hydrogen-bond donors (Lipinski definition) is 0. The molecule has 0 unspecified atom stereocenters. The third kappa shape index (κ3) is 2.21. The van der Waals surface area contributed by atoms with Crippen molar-refractivity contribution in [3.8, 4) is 10.6 Å². The molecule has 0 fully saturated rings. The van der Waals surface area contributed by atoms with Gasteiger partial charge in [0.2, 0.25) is 5.82 Å². The largest absolute Gasteiger partial charge is 0.451 e. The van der Waals surface area contributed by atoms with Crippen molar-refractivity contribution in [3.05, 3.63) is 35.1 Å². The van der Waals surface area contributed by atoms with E-state index in [-0.39, 0.29) is 0 Å². The predicted molar refractivity (Wildman–Crippen MR) is 55.1 cm³/mol. The van der Waals surface area contributed by atoms with E-state index in [0.29, 0.717) is 16.3 Å². The number of aryl methyl sites for hydroxylation is 1. The highest BCUT2D eigenvalue weighted by Gasteiger charge is 2.35. The van der Waals surface area contributed by atoms with E-state index in [9.17, 15) is 13.2 Å². The molecule has 0 saturated heterocycles. The van der Waals surface area contributed by atoms with Gasteiger partial charge in [-0.3, -0.25) is 0 Å². The van der Waals surface area contributed by atoms with Crippen LogP contribution in [-0.4, -0.2) is 9.97 Å². The molecule has 0 aliphatic heterocycles. The molecule has 2 nitrogen and oxygen atoms in total. The van der Waals surface area contributed by atoms with Gasteiger partial charge in [0.05, 0.1) is 10.6 Å². The molecule has 0 radical (unpaired) electrons. The Labute approximate surface area is 93.8 Å². The molecule has 0 N–H and O–H groups in total. The highest BCUT2D eigenvalue weighted by molar-refractivity contribution is 7.13. The molecule has 0 aliphatic rings. The van der Waals surface area contributed by atoms with Crippen molar-refractivity contribution >= 4 is 11.3 Å². The molecular formula is C10H7F3N2S. The first-order valence-electron chi connectivity index (χ1n) is 4.43. The fourth-order valence-corrected chi connectivity index (χ4v) is 1.93. The Morgan fingerprint density at radius 1 is 1.25 bits per heavy atom. The van der Waals surface area contributed by atoms with Gasteiger partial charge in [0.15, 0.2) is 0 Å². The summed E-state index contributed by atoms with van der Waals surface area (Å²) < 4.78 is 37.4. The third-order valence-electron chi connectivity index (χ3n) is 1.88. The molecular weight excluding hydrogens is 237 g/mol. The van der Waals surface area contributed by atoms with E-state index in [2.05, 4.69) is 9.97 Å². The van der Waals surface area contributed by atoms with Crippen molar-refractivity contribution in [1.82, 2.24) is 9.97 Å². The maximum absolute atomic E-state index is 12.5. The molecule has 2 rings (SSSR count). The normalized spacial score (nSPS) is 11.8. The third-order valence-corrected chi connectivity index (χ3v) is 2.77. The summed E-state index contributed by atoms with van der Waals surface area (Å²) in [6, 6.07) is 5.04. The summed E-state index contributed by atoms with van der Waals surface area (Å²) in [6.45, 7) is 1.52. The van der Waals surface area contributed by atoms with Crippen molar-refractivity contribution in [3.63, 3.8) is 0 Å². The summed E-state index contributed by atoms with van der Waals surface area (Å²) in [4.78, 5) is 7.61. The summed E-state index contributed by atoms with van der Waals surface area (Å²) in [5.41, 5.74) is 0.626. The van der Waals surface area contributed by atoms with Crippen LogP contribution in [0.3, 0.4) is 0 Å². The zero-order valence-corrected chi connectivity index (χ0v) is 9.06. The highest BCUT2D eigenvalue weighted by Crippen LogP contribution is 2.29. The van der Waals surface area contributed by atoms with Crippen LogP contribution in [0.1, 0.15) is 11.5 Å². The lowest BCUT2D eigenvalue weighted by Crippen LogP contribution is -2.12. The van der Waals surface area contributed by atoms with E-state index >= 15 is 0 Å². The number of hydrogen-bond acceptors (Lipinski definition) is 3. The maximum atomic E-state index is 12.5. The molecule has 0 bridgehead atoms. The summed E-state index contributed by atoms with van der Waals surface area (Å²) in [7, 11) is 0. The molecule has 84 valence electrons. The second-order valence-corrected chi connectivity index (χ2v) is 4.14. The van der Waals surface area contributed by atoms with Crippen LogP contribution in [0.25, 0.3) is 10.6 Å². The molecule has 0 saturated carbocycles. The van der Waals surface area contributed by atoms with E-state index in [1.165, 1.54) is 18.3 Å². The average molecular weight is 244 g/mol. The van der Waals surface area contributed by atoms with Crippen LogP contribution < -0.4 is 0 Å². The minimum atomic E-state index is -4.50. The first-order chi connectivity index (χ1) is 7.47. The van der Waals surface area contributed by atoms with E-state index in [0.717, 1.165) is 0 Å². The van der Waals surface area contributed by atoms with Crippen molar-refractivity contribution in [2.75, 3.05) is 0 Å². The van der Waals surface area contributed by atoms with E-state index in [4.69, 9.17) is 0 Å². The lowest BCUT2D eigenvalue weighted by atomic mass is 10.3. The number of rotatable bonds is 1. The summed E-state index contributed by atoms with van der Waals surface area (Å²) >= 11 is 1.35. The molecule has 0 aliphatic carbocycles. The summed E-state index contributed by atoms with van der Waals surface area (Å²) in [5, 5.41) is 1.79. The fourth-order valence-electron chi connectivity index (χ4n) is 1.25. The minimum absolute atomic E-state index is 0.311. The van der Waals surface area contributed by atoms with Crippen LogP contribution in [0.5, 0.6) is 0 Å². The van der Waals surface area contributed by atoms with Gasteiger partial charge < -0.3 is 0 Å². The van der Waals surface area contributed by atoms with Gasteiger partial charge >= 0.3 is 6.18 Å². The first kappa shape index (κ1) is 11.1. The van der Waals surface area contributed by atoms with E-state index in [1.54, 1.807) is 23.6 Å². The summed E-state index contributed by atoms with van der Waals surface area (Å²) in [6.07, 6.45) is -4.50. The monoisotopic (exact) mass is 244 g/mol. The van der Waals surface area contributed by atoms with Gasteiger partial charge in [0.25, 0.3) is 0 Å². The quantitative estimate of drug-likeness (QED) is 0.766. The van der Waals surface area contributed by atoms with Gasteiger partial charge in [-0.2, -0.15) is 13.2 Å². The van der Waals surface area contributed by atoms with Crippen LogP contribution in [0.15, 0.2) is 23.6 Å². The van der Waals surface area contributed by atoms with Crippen molar-refractivity contribution in [2.45, 2.75) is 13.1 Å². The zero-order valence-electron chi connectivity index (χ0n) is 8.25. The fraction of sp³-hybridized carbons (Fsp3) is 0.200. The average Bonchev–Trinajstić information content (AvgIpc) is 2.68. The van der Waals surface area contributed by atoms with Gasteiger partial charge in [0.1, 0.15) is 0 Å². The zero-order chi connectivity index (χ0) is 11.8. The Balaban J connectivity index is 2.53. The standard InChI is InChI=1S/C10H7F3N2S/c1-6-5-7(8-3-2-4-16-8)15-9(14-6)10(11,12)13/h2-5H,1H3. The molecule has 2 heterocycles. The molecule has 0 atom stereocenters. The van der Waals surface area contributed by atoms with E-state index < -0.39 is 12.0 Å². The minimum Gasteiger partial charge on any atom is -0.230 e. The van der Waals surface area contributed by atoms with Gasteiger partial charge in [-0.25, -0.2) is 9.97 Å². The van der Waals surface area contributed by atoms with Crippen LogP contribution in [0, 0.1) is 6.92 Å². The number of aromatic nitrogens is 2. The molecule has 0 spiro atoms. The number of nitrogens with zero attached hydrogens (tertiary/aromatic N) is 2. The topological polar surface area (TPSA) is 25.8 Å². The van der Waals surface area contributed by atoms with Gasteiger partial charge in [-0.15, -0.1) is 11.3 Å². The van der Waals surface area contributed by atoms with Gasteiger partial charge in [-0.1, -0.05) is 6.07 Å². The Morgan fingerprint density at radius 3 is 2.56 bits per heavy atom. The van der Waals surface area contributed by atoms with Crippen molar-refractivity contribution in [2.24, 2.45) is 0 Å². The molecule has 2 aromatic heterocycles. The van der Waals surface area contributed by atoms with Crippen LogP contribution in [0.4, 0.5) is 13.2 Å².